The van der Waals surface area contributed by atoms with E-state index in [1.165, 1.54) is 154 Å². The summed E-state index contributed by atoms with van der Waals surface area (Å²) in [7, 11) is 0. The Morgan fingerprint density at radius 3 is 0.938 bits per heavy atom. The Balaban J connectivity index is 0.000000277. The normalized spacial score (nSPS) is 130. The van der Waals surface area contributed by atoms with Crippen LogP contribution < -0.4 is 23.6 Å². The summed E-state index contributed by atoms with van der Waals surface area (Å²) in [6.45, 7) is 0. The van der Waals surface area contributed by atoms with Crippen LogP contribution in [0, 0.1) is 360 Å². The lowest BCUT2D eigenvalue weighted by Gasteiger charge is -3.76. The van der Waals surface area contributed by atoms with E-state index in [4.69, 9.17) is 5.72 Å². The summed E-state index contributed by atoms with van der Waals surface area (Å²) in [5.41, 5.74) is 42.6. The molecule has 56 unspecified atom stereocenters. The molecule has 52 saturated carbocycles. The fourth-order valence-electron chi connectivity index (χ4n) is 81.9. The molecule has 0 saturated heterocycles. The summed E-state index contributed by atoms with van der Waals surface area (Å²) < 4.78 is 21.9. The minimum Gasteiger partial charge on any atom is -0.320 e. The van der Waals surface area contributed by atoms with Crippen molar-refractivity contribution in [2.75, 3.05) is 0 Å². The van der Waals surface area contributed by atoms with Crippen LogP contribution in [0.1, 0.15) is 51.4 Å². The minimum atomic E-state index is 1.03. The second-order valence-corrected chi connectivity index (χ2v) is 46.8. The standard InChI is InChI=1S/C72H42.4H3NO/c1-3-10-5-12-18-24-26-20-14-7-16-22-28-30-29-23-17-8-15-21-27-25-19-13-6-11-4-2-9(1)37-33-31-35(10,12)40(18)46(24)48(26)42(20)38(14,16)44(22)50(28)52(30)51(29)45(23)39(15,17)43(21)49(27)47(25)41(19)36(11,13)32-34(37)56-54(32,41)61(47)63(49)59(43,45)65(51)66(52)64(50)58(42,44)62(48)60(46)53(31,40)55(33)57(37,56)69-67(55,60)70(62,64)72(66,69)71(63,65)68(56,61)69;4*1-2/h9-34H,1-8H2;4*2H,1H2/i;4*2D. The number of rotatable bonds is 0. The molecular weight excluding hydrogens is 985 g/mol. The molecule has 52 aliphatic rings. The highest BCUT2D eigenvalue weighted by atomic mass is 16.4. The SMILES string of the molecule is C1CC2CCC3CC4C5C6C7C8C9CC%10C%11C%12C%13C%14C%15C%16CC%17C%18C%19C%20C%21C%22CC1C%221C%22C%23C2%24C2C%25C34C53C64C75C86C9%10C%117C%128C%139C%14%10C%15%11C%17%16C%18%12C%19%13C%20%14C%211C%221C%23%15C%24%16C2%17C%253C42C53C67C84C95C%106C%12%11C%137C%141C%151C%168C%172C34C58C761.[2H]ON.[2H]ON.[2H]ON.[2H]ON. The third kappa shape index (κ3) is 0.668. The van der Waals surface area contributed by atoms with Crippen LogP contribution in [0.4, 0.5) is 0 Å². The van der Waals surface area contributed by atoms with E-state index >= 15 is 0 Å². The van der Waals surface area contributed by atoms with Gasteiger partial charge in [0, 0.05) is 0 Å². The lowest BCUT2D eigenvalue weighted by Crippen LogP contribution is -3.75. The van der Waals surface area contributed by atoms with Crippen LogP contribution in [-0.4, -0.2) is 20.8 Å². The van der Waals surface area contributed by atoms with Gasteiger partial charge in [-0.25, -0.2) is 23.6 Å². The van der Waals surface area contributed by atoms with Crippen molar-refractivity contribution >= 4 is 0 Å². The monoisotopic (exact) mass is 1040 g/mol. The van der Waals surface area contributed by atoms with Crippen LogP contribution >= 0.6 is 0 Å². The average Bonchev–Trinajstić information content (AvgIpc) is 0.407. The summed E-state index contributed by atoms with van der Waals surface area (Å²) in [5, 5.41) is 12.0. The Morgan fingerprint density at radius 1 is 0.237 bits per heavy atom. The van der Waals surface area contributed by atoms with Gasteiger partial charge in [-0.2, -0.15) is 0 Å². The van der Waals surface area contributed by atoms with Crippen LogP contribution in [0.5, 0.6) is 0 Å². The molecule has 80 heavy (non-hydrogen) atoms. The lowest BCUT2D eigenvalue weighted by atomic mass is 8.26. The third-order valence-electron chi connectivity index (χ3n) is 63.3. The predicted molar refractivity (Wildman–Crippen MR) is 244 cm³/mol. The maximum absolute atomic E-state index is 5.49. The van der Waals surface area contributed by atoms with Gasteiger partial charge in [0.1, 0.15) is 0 Å². The van der Waals surface area contributed by atoms with E-state index in [2.05, 4.69) is 44.4 Å². The summed E-state index contributed by atoms with van der Waals surface area (Å²) in [5.74, 6) is 52.6. The predicted octanol–water partition coefficient (Wildman–Crippen LogP) is 3.66. The molecule has 0 aromatic heterocycles. The van der Waals surface area contributed by atoms with Crippen molar-refractivity contribution in [2.45, 2.75) is 51.4 Å². The van der Waals surface area contributed by atoms with Gasteiger partial charge in [-0.3, -0.25) is 0 Å². The van der Waals surface area contributed by atoms with Gasteiger partial charge >= 0.3 is 0 Å². The second-order valence-electron chi connectivity index (χ2n) is 46.8. The number of hydrogen-bond donors (Lipinski definition) is 8. The summed E-state index contributed by atoms with van der Waals surface area (Å²) in [6.07, 6.45) is 15.0. The summed E-state index contributed by atoms with van der Waals surface area (Å²) in [4.78, 5) is 0. The Kier molecular flexibility index (Phi) is 1.74. The Labute approximate surface area is 459 Å². The molecule has 38 spiro atoms. The summed E-state index contributed by atoms with van der Waals surface area (Å²) >= 11 is 0. The second kappa shape index (κ2) is 4.83. The van der Waals surface area contributed by atoms with Gasteiger partial charge in [-0.05, 0) is 411 Å². The van der Waals surface area contributed by atoms with Crippen LogP contribution in [0.15, 0.2) is 0 Å². The first-order valence-corrected chi connectivity index (χ1v) is 36.8. The Bertz CT molecular complexity index is 4940. The molecule has 8 heteroatoms. The smallest absolute Gasteiger partial charge is 0.237 e. The van der Waals surface area contributed by atoms with E-state index in [0.717, 1.165) is 206 Å². The van der Waals surface area contributed by atoms with Gasteiger partial charge in [0.05, 0.1) is 0 Å². The fraction of sp³-hybridized carbons (Fsp3) is 1.00. The van der Waals surface area contributed by atoms with E-state index in [-0.39, 0.29) is 0 Å². The molecule has 0 bridgehead atoms. The zero-order valence-corrected chi connectivity index (χ0v) is 43.6. The Morgan fingerprint density at radius 2 is 0.512 bits per heavy atom. The minimum absolute atomic E-state index is 1.03. The number of fused-ring (bicyclic) bond motifs is 16. The highest BCUT2D eigenvalue weighted by Gasteiger charge is 3.80. The van der Waals surface area contributed by atoms with Crippen molar-refractivity contribution in [2.24, 2.45) is 383 Å². The summed E-state index contributed by atoms with van der Waals surface area (Å²) in [6, 6.07) is 0. The van der Waals surface area contributed by atoms with Crippen LogP contribution in [0.2, 0.25) is 5.72 Å². The topological polar surface area (TPSA) is 185 Å². The maximum Gasteiger partial charge on any atom is 0.237 e. The van der Waals surface area contributed by atoms with E-state index in [1.54, 1.807) is 0 Å². The van der Waals surface area contributed by atoms with Gasteiger partial charge in [0.2, 0.25) is 5.72 Å². The highest BCUT2D eigenvalue weighted by Crippen LogP contribution is 3.81. The molecule has 0 aliphatic heterocycles. The van der Waals surface area contributed by atoms with E-state index in [0.29, 0.717) is 0 Å². The van der Waals surface area contributed by atoms with Gasteiger partial charge in [-0.15, -0.1) is 0 Å². The lowest BCUT2D eigenvalue weighted by molar-refractivity contribution is -1.32. The van der Waals surface area contributed by atoms with Crippen molar-refractivity contribution in [3.05, 3.63) is 0 Å². The molecule has 0 aromatic rings. The molecule has 52 rings (SSSR count). The molecule has 0 radical (unpaired) electrons. The van der Waals surface area contributed by atoms with Crippen molar-refractivity contribution < 1.29 is 26.6 Å². The molecule has 0 heterocycles. The molecule has 52 aliphatic carbocycles. The molecule has 386 valence electrons. The first-order chi connectivity index (χ1) is 41.5. The molecule has 8 nitrogen and oxygen atoms in total. The van der Waals surface area contributed by atoms with Gasteiger partial charge in [0.15, 0.2) is 0 Å². The molecular formula is C72H54N4O4. The van der Waals surface area contributed by atoms with Crippen molar-refractivity contribution in [1.29, 1.82) is 0 Å². The zero-order chi connectivity index (χ0) is 50.5. The van der Waals surface area contributed by atoms with Gasteiger partial charge < -0.3 is 20.8 Å². The first-order valence-electron chi connectivity index (χ1n) is 38.4. The fourth-order valence-corrected chi connectivity index (χ4v) is 81.9. The molecule has 0 amide bonds. The first kappa shape index (κ1) is 28.9. The number of hydrogen-bond acceptors (Lipinski definition) is 8. The van der Waals surface area contributed by atoms with Crippen molar-refractivity contribution in [1.82, 2.24) is 0 Å². The maximum atomic E-state index is 5.49. The quantitative estimate of drug-likeness (QED) is 0.169. The van der Waals surface area contributed by atoms with Crippen LogP contribution in [0.25, 0.3) is 0 Å². The van der Waals surface area contributed by atoms with E-state index in [1.807, 2.05) is 51.4 Å². The zero-order valence-electron chi connectivity index (χ0n) is 47.6. The number of nitrogens with two attached hydrogens (primary N) is 4. The van der Waals surface area contributed by atoms with E-state index in [9.17, 15) is 0 Å². The molecule has 56 atom stereocenters. The van der Waals surface area contributed by atoms with Crippen LogP contribution in [0.3, 0.4) is 0 Å². The molecule has 12 N–H and O–H groups in total. The third-order valence-corrected chi connectivity index (χ3v) is 63.3. The molecule has 52 fully saturated rings. The Hall–Kier alpha value is -0.320. The highest BCUT2D eigenvalue weighted by molar-refractivity contribution is 6.24. The molecule has 0 aromatic carbocycles. The average molecular weight is 1040 g/mol. The van der Waals surface area contributed by atoms with Gasteiger partial charge in [0.25, 0.3) is 0 Å². The van der Waals surface area contributed by atoms with E-state index < -0.39 is 0 Å². The van der Waals surface area contributed by atoms with Crippen LogP contribution in [-0.2, 0) is 0 Å². The van der Waals surface area contributed by atoms with Crippen molar-refractivity contribution in [3.63, 3.8) is 0 Å². The largest absolute Gasteiger partial charge is 0.320 e. The van der Waals surface area contributed by atoms with Crippen molar-refractivity contribution in [3.8, 4) is 0 Å². The van der Waals surface area contributed by atoms with Gasteiger partial charge in [-0.1, -0.05) is 0 Å².